The summed E-state index contributed by atoms with van der Waals surface area (Å²) in [5.41, 5.74) is 0.696. The first-order valence-corrected chi connectivity index (χ1v) is 7.21. The third kappa shape index (κ3) is 1.72. The van der Waals surface area contributed by atoms with E-state index in [2.05, 4.69) is 10.1 Å². The Labute approximate surface area is 122 Å². The van der Waals surface area contributed by atoms with Gasteiger partial charge in [0.2, 0.25) is 0 Å². The summed E-state index contributed by atoms with van der Waals surface area (Å²) in [7, 11) is 0. The van der Waals surface area contributed by atoms with Gasteiger partial charge in [-0.15, -0.1) is 11.3 Å². The Kier molecular flexibility index (Phi) is 2.49. The van der Waals surface area contributed by atoms with Gasteiger partial charge in [-0.25, -0.2) is 9.07 Å². The number of hydrogen-bond acceptors (Lipinski definition) is 3. The Balaban J connectivity index is 2.13. The van der Waals surface area contributed by atoms with Crippen molar-refractivity contribution >= 4 is 33.1 Å². The SMILES string of the molecule is Cc1ccc(-n2[nH]c3c(cnc4c(F)cccc43)c2=O)s1. The van der Waals surface area contributed by atoms with Gasteiger partial charge in [-0.1, -0.05) is 12.1 Å². The number of fused-ring (bicyclic) bond motifs is 3. The maximum Gasteiger partial charge on any atom is 0.281 e. The summed E-state index contributed by atoms with van der Waals surface area (Å²) < 4.78 is 15.3. The van der Waals surface area contributed by atoms with Crippen molar-refractivity contribution in [3.63, 3.8) is 0 Å². The number of pyridine rings is 1. The van der Waals surface area contributed by atoms with Gasteiger partial charge < -0.3 is 0 Å². The molecule has 0 radical (unpaired) electrons. The number of rotatable bonds is 1. The van der Waals surface area contributed by atoms with Crippen LogP contribution in [0.2, 0.25) is 0 Å². The maximum absolute atomic E-state index is 13.8. The van der Waals surface area contributed by atoms with Crippen LogP contribution in [0, 0.1) is 12.7 Å². The highest BCUT2D eigenvalue weighted by Gasteiger charge is 2.14. The largest absolute Gasteiger partial charge is 0.289 e. The fourth-order valence-electron chi connectivity index (χ4n) is 2.45. The summed E-state index contributed by atoms with van der Waals surface area (Å²) in [5, 5.41) is 4.94. The minimum absolute atomic E-state index is 0.175. The van der Waals surface area contributed by atoms with Crippen molar-refractivity contribution in [2.75, 3.05) is 0 Å². The van der Waals surface area contributed by atoms with Crippen LogP contribution in [0.4, 0.5) is 4.39 Å². The minimum atomic E-state index is -0.394. The van der Waals surface area contributed by atoms with Gasteiger partial charge in [0, 0.05) is 16.5 Å². The monoisotopic (exact) mass is 299 g/mol. The summed E-state index contributed by atoms with van der Waals surface area (Å²) in [4.78, 5) is 17.7. The molecule has 21 heavy (non-hydrogen) atoms. The molecular formula is C15H10FN3OS. The molecule has 0 atom stereocenters. The average molecular weight is 299 g/mol. The second kappa shape index (κ2) is 4.26. The number of benzene rings is 1. The van der Waals surface area contributed by atoms with E-state index in [1.165, 1.54) is 28.3 Å². The predicted molar refractivity (Wildman–Crippen MR) is 81.8 cm³/mol. The normalized spacial score (nSPS) is 11.5. The van der Waals surface area contributed by atoms with Crippen molar-refractivity contribution in [3.8, 4) is 5.00 Å². The van der Waals surface area contributed by atoms with E-state index >= 15 is 0 Å². The molecule has 104 valence electrons. The number of thiophene rings is 1. The zero-order chi connectivity index (χ0) is 14.6. The molecule has 1 aromatic carbocycles. The quantitative estimate of drug-likeness (QED) is 0.586. The first-order valence-electron chi connectivity index (χ1n) is 6.40. The highest BCUT2D eigenvalue weighted by atomic mass is 32.1. The molecule has 0 spiro atoms. The second-order valence-electron chi connectivity index (χ2n) is 4.82. The van der Waals surface area contributed by atoms with Gasteiger partial charge in [0.15, 0.2) is 0 Å². The Morgan fingerprint density at radius 1 is 1.24 bits per heavy atom. The molecule has 4 aromatic rings. The third-order valence-electron chi connectivity index (χ3n) is 3.45. The second-order valence-corrected chi connectivity index (χ2v) is 6.09. The van der Waals surface area contributed by atoms with Crippen LogP contribution in [0.25, 0.3) is 26.8 Å². The van der Waals surface area contributed by atoms with E-state index in [0.717, 1.165) is 9.88 Å². The number of hydrogen-bond donors (Lipinski definition) is 1. The van der Waals surface area contributed by atoms with Gasteiger partial charge in [-0.2, -0.15) is 0 Å². The van der Waals surface area contributed by atoms with Crippen molar-refractivity contribution in [2.24, 2.45) is 0 Å². The van der Waals surface area contributed by atoms with E-state index in [0.29, 0.717) is 16.3 Å². The minimum Gasteiger partial charge on any atom is -0.289 e. The molecule has 0 aliphatic carbocycles. The van der Waals surface area contributed by atoms with Gasteiger partial charge >= 0.3 is 0 Å². The number of H-pyrrole nitrogens is 1. The molecule has 0 bridgehead atoms. The topological polar surface area (TPSA) is 50.7 Å². The Morgan fingerprint density at radius 2 is 2.10 bits per heavy atom. The lowest BCUT2D eigenvalue weighted by Crippen LogP contribution is -2.12. The molecule has 0 aliphatic rings. The van der Waals surface area contributed by atoms with Crippen molar-refractivity contribution in [3.05, 3.63) is 57.6 Å². The number of nitrogens with zero attached hydrogens (tertiary/aromatic N) is 2. The molecule has 0 fully saturated rings. The van der Waals surface area contributed by atoms with Gasteiger partial charge in [-0.05, 0) is 25.1 Å². The van der Waals surface area contributed by atoms with Crippen molar-refractivity contribution < 1.29 is 4.39 Å². The van der Waals surface area contributed by atoms with Crippen LogP contribution in [0.5, 0.6) is 0 Å². The lowest BCUT2D eigenvalue weighted by atomic mass is 10.1. The lowest BCUT2D eigenvalue weighted by molar-refractivity contribution is 0.637. The Bertz CT molecular complexity index is 1040. The third-order valence-corrected chi connectivity index (χ3v) is 4.44. The summed E-state index contributed by atoms with van der Waals surface area (Å²) in [5.74, 6) is -0.394. The number of aromatic amines is 1. The van der Waals surface area contributed by atoms with Crippen LogP contribution in [0.15, 0.2) is 41.3 Å². The molecular weight excluding hydrogens is 289 g/mol. The Hall–Kier alpha value is -2.47. The van der Waals surface area contributed by atoms with Crippen molar-refractivity contribution in [1.82, 2.24) is 14.8 Å². The molecule has 4 nitrogen and oxygen atoms in total. The predicted octanol–water partition coefficient (Wildman–Crippen LogP) is 3.38. The summed E-state index contributed by atoms with van der Waals surface area (Å²) >= 11 is 1.52. The summed E-state index contributed by atoms with van der Waals surface area (Å²) in [6, 6.07) is 8.57. The molecule has 6 heteroatoms. The molecule has 3 heterocycles. The molecule has 0 amide bonds. The first kappa shape index (κ1) is 12.3. The standard InChI is InChI=1S/C15H10FN3OS/c1-8-5-6-12(21-8)19-15(20)10-7-17-14-9(13(10)18-19)3-2-4-11(14)16/h2-7,18H,1H3. The van der Waals surface area contributed by atoms with E-state index in [-0.39, 0.29) is 11.1 Å². The molecule has 3 aromatic heterocycles. The molecule has 4 rings (SSSR count). The van der Waals surface area contributed by atoms with E-state index in [1.807, 2.05) is 19.1 Å². The fourth-order valence-corrected chi connectivity index (χ4v) is 3.27. The van der Waals surface area contributed by atoms with Gasteiger partial charge in [-0.3, -0.25) is 14.9 Å². The van der Waals surface area contributed by atoms with E-state index in [4.69, 9.17) is 0 Å². The van der Waals surface area contributed by atoms with E-state index in [1.54, 1.807) is 12.1 Å². The van der Waals surface area contributed by atoms with Crippen LogP contribution in [0.3, 0.4) is 0 Å². The van der Waals surface area contributed by atoms with E-state index < -0.39 is 5.82 Å². The zero-order valence-electron chi connectivity index (χ0n) is 11.1. The maximum atomic E-state index is 13.8. The van der Waals surface area contributed by atoms with Gasteiger partial charge in [0.1, 0.15) is 16.3 Å². The zero-order valence-corrected chi connectivity index (χ0v) is 11.9. The number of aryl methyl sites for hydroxylation is 1. The smallest absolute Gasteiger partial charge is 0.281 e. The van der Waals surface area contributed by atoms with Crippen molar-refractivity contribution in [2.45, 2.75) is 6.92 Å². The molecule has 1 N–H and O–H groups in total. The van der Waals surface area contributed by atoms with Crippen LogP contribution in [-0.2, 0) is 0 Å². The molecule has 0 unspecified atom stereocenters. The van der Waals surface area contributed by atoms with Crippen LogP contribution in [-0.4, -0.2) is 14.8 Å². The molecule has 0 aliphatic heterocycles. The number of aromatic nitrogens is 3. The van der Waals surface area contributed by atoms with Crippen LogP contribution < -0.4 is 5.56 Å². The average Bonchev–Trinajstić information content (AvgIpc) is 3.04. The van der Waals surface area contributed by atoms with Gasteiger partial charge in [0.25, 0.3) is 5.56 Å². The van der Waals surface area contributed by atoms with Gasteiger partial charge in [0.05, 0.1) is 10.9 Å². The van der Waals surface area contributed by atoms with Crippen LogP contribution in [0.1, 0.15) is 4.88 Å². The fraction of sp³-hybridized carbons (Fsp3) is 0.0667. The highest BCUT2D eigenvalue weighted by Crippen LogP contribution is 2.24. The van der Waals surface area contributed by atoms with Crippen LogP contribution >= 0.6 is 11.3 Å². The summed E-state index contributed by atoms with van der Waals surface area (Å²) in [6.45, 7) is 1.98. The Morgan fingerprint density at radius 3 is 2.86 bits per heavy atom. The molecule has 0 saturated heterocycles. The number of nitrogens with one attached hydrogen (secondary N) is 1. The highest BCUT2D eigenvalue weighted by molar-refractivity contribution is 7.14. The van der Waals surface area contributed by atoms with E-state index in [9.17, 15) is 9.18 Å². The summed E-state index contributed by atoms with van der Waals surface area (Å²) in [6.07, 6.45) is 1.43. The van der Waals surface area contributed by atoms with Crippen molar-refractivity contribution in [1.29, 1.82) is 0 Å². The number of halogens is 1. The first-order chi connectivity index (χ1) is 10.1. The lowest BCUT2D eigenvalue weighted by Gasteiger charge is -1.99. The molecule has 0 saturated carbocycles. The number of para-hydroxylation sites is 1.